The lowest BCUT2D eigenvalue weighted by Gasteiger charge is -2.04. The minimum Gasteiger partial charge on any atom is -0.466 e. The molecule has 0 radical (unpaired) electrons. The van der Waals surface area contributed by atoms with E-state index in [1.54, 1.807) is 6.92 Å². The molecule has 0 saturated heterocycles. The lowest BCUT2D eigenvalue weighted by atomic mass is 10.4. The number of rotatable bonds is 6. The zero-order valence-electron chi connectivity index (χ0n) is 9.99. The normalized spacial score (nSPS) is 10.4. The molecule has 0 spiro atoms. The fraction of sp³-hybridized carbons (Fsp3) is 0.700. The Labute approximate surface area is 95.0 Å². The van der Waals surface area contributed by atoms with E-state index >= 15 is 0 Å². The Morgan fingerprint density at radius 2 is 2.25 bits per heavy atom. The van der Waals surface area contributed by atoms with Crippen LogP contribution in [-0.4, -0.2) is 33.9 Å². The first kappa shape index (κ1) is 12.6. The number of nitrogens with zero attached hydrogens (tertiary/aromatic N) is 3. The molecule has 1 aromatic rings. The second kappa shape index (κ2) is 6.22. The van der Waals surface area contributed by atoms with Crippen molar-refractivity contribution in [3.05, 3.63) is 11.6 Å². The molecular formula is C10H18N4O2. The van der Waals surface area contributed by atoms with Crippen LogP contribution in [0.5, 0.6) is 0 Å². The summed E-state index contributed by atoms with van der Waals surface area (Å²) < 4.78 is 6.72. The maximum Gasteiger partial charge on any atom is 0.307 e. The molecule has 90 valence electrons. The lowest BCUT2D eigenvalue weighted by molar-refractivity contribution is -0.142. The van der Waals surface area contributed by atoms with Gasteiger partial charge >= 0.3 is 5.97 Å². The lowest BCUT2D eigenvalue weighted by Crippen LogP contribution is -2.20. The van der Waals surface area contributed by atoms with Crippen LogP contribution >= 0.6 is 0 Å². The number of aryl methyl sites for hydroxylation is 1. The minimum atomic E-state index is -0.177. The van der Waals surface area contributed by atoms with Gasteiger partial charge in [-0.2, -0.15) is 0 Å². The highest BCUT2D eigenvalue weighted by molar-refractivity contribution is 5.69. The molecule has 0 amide bonds. The van der Waals surface area contributed by atoms with E-state index in [0.717, 1.165) is 11.6 Å². The van der Waals surface area contributed by atoms with Crippen LogP contribution in [0.15, 0.2) is 0 Å². The van der Waals surface area contributed by atoms with Crippen LogP contribution in [0.2, 0.25) is 0 Å². The molecule has 0 aromatic carbocycles. The molecule has 1 rings (SSSR count). The first-order chi connectivity index (χ1) is 7.65. The van der Waals surface area contributed by atoms with E-state index in [9.17, 15) is 4.79 Å². The van der Waals surface area contributed by atoms with E-state index in [4.69, 9.17) is 4.74 Å². The van der Waals surface area contributed by atoms with Crippen molar-refractivity contribution in [2.45, 2.75) is 26.8 Å². The number of carbonyl (C=O) groups is 1. The van der Waals surface area contributed by atoms with Gasteiger partial charge in [0, 0.05) is 13.6 Å². The number of aromatic nitrogens is 3. The number of hydrogen-bond acceptors (Lipinski definition) is 5. The van der Waals surface area contributed by atoms with Gasteiger partial charge in [-0.25, -0.2) is 0 Å². The highest BCUT2D eigenvalue weighted by atomic mass is 16.5. The van der Waals surface area contributed by atoms with Gasteiger partial charge in [-0.1, -0.05) is 0 Å². The second-order valence-electron chi connectivity index (χ2n) is 3.45. The summed E-state index contributed by atoms with van der Waals surface area (Å²) >= 11 is 0. The summed E-state index contributed by atoms with van der Waals surface area (Å²) in [6, 6.07) is 0. The molecule has 0 aliphatic heterocycles. The van der Waals surface area contributed by atoms with Crippen molar-refractivity contribution < 1.29 is 9.53 Å². The van der Waals surface area contributed by atoms with Crippen LogP contribution < -0.4 is 5.32 Å². The highest BCUT2D eigenvalue weighted by Crippen LogP contribution is 1.96. The van der Waals surface area contributed by atoms with Gasteiger partial charge in [-0.3, -0.25) is 4.79 Å². The van der Waals surface area contributed by atoms with Crippen molar-refractivity contribution in [1.29, 1.82) is 0 Å². The fourth-order valence-corrected chi connectivity index (χ4v) is 1.23. The smallest absolute Gasteiger partial charge is 0.307 e. The highest BCUT2D eigenvalue weighted by Gasteiger charge is 2.05. The van der Waals surface area contributed by atoms with Gasteiger partial charge in [0.15, 0.2) is 0 Å². The molecule has 6 heteroatoms. The summed E-state index contributed by atoms with van der Waals surface area (Å²) in [6.07, 6.45) is 0.380. The third kappa shape index (κ3) is 3.62. The average Bonchev–Trinajstić information content (AvgIpc) is 2.56. The number of carbonyl (C=O) groups excluding carboxylic acids is 1. The Balaban J connectivity index is 2.21. The number of hydrogen-bond donors (Lipinski definition) is 1. The van der Waals surface area contributed by atoms with Crippen LogP contribution in [0.3, 0.4) is 0 Å². The SMILES string of the molecule is CCOC(=O)CCNCc1nnc(C)n1C. The summed E-state index contributed by atoms with van der Waals surface area (Å²) in [5.41, 5.74) is 0. The molecule has 0 bridgehead atoms. The molecule has 1 aromatic heterocycles. The minimum absolute atomic E-state index is 0.177. The quantitative estimate of drug-likeness (QED) is 0.553. The van der Waals surface area contributed by atoms with Crippen LogP contribution in [0.4, 0.5) is 0 Å². The first-order valence-corrected chi connectivity index (χ1v) is 5.36. The summed E-state index contributed by atoms with van der Waals surface area (Å²) in [5, 5.41) is 11.1. The summed E-state index contributed by atoms with van der Waals surface area (Å²) in [7, 11) is 1.91. The molecule has 0 aliphatic carbocycles. The van der Waals surface area contributed by atoms with Gasteiger partial charge < -0.3 is 14.6 Å². The average molecular weight is 226 g/mol. The number of nitrogens with one attached hydrogen (secondary N) is 1. The van der Waals surface area contributed by atoms with Gasteiger partial charge in [0.25, 0.3) is 0 Å². The Morgan fingerprint density at radius 3 is 2.81 bits per heavy atom. The Bertz CT molecular complexity index is 349. The molecule has 1 N–H and O–H groups in total. The molecule has 16 heavy (non-hydrogen) atoms. The standard InChI is InChI=1S/C10H18N4O2/c1-4-16-10(15)5-6-11-7-9-13-12-8(2)14(9)3/h11H,4-7H2,1-3H3. The van der Waals surface area contributed by atoms with E-state index in [-0.39, 0.29) is 5.97 Å². The van der Waals surface area contributed by atoms with Crippen molar-refractivity contribution in [2.24, 2.45) is 7.05 Å². The van der Waals surface area contributed by atoms with E-state index in [1.807, 2.05) is 18.5 Å². The predicted octanol–water partition coefficient (Wildman–Crippen LogP) is 0.166. The topological polar surface area (TPSA) is 69.0 Å². The zero-order chi connectivity index (χ0) is 12.0. The van der Waals surface area contributed by atoms with E-state index in [1.165, 1.54) is 0 Å². The maximum atomic E-state index is 11.0. The number of ether oxygens (including phenoxy) is 1. The zero-order valence-corrected chi connectivity index (χ0v) is 9.99. The van der Waals surface area contributed by atoms with Gasteiger partial charge in [-0.15, -0.1) is 10.2 Å². The van der Waals surface area contributed by atoms with Crippen LogP contribution in [0.25, 0.3) is 0 Å². The third-order valence-electron chi connectivity index (χ3n) is 2.28. The Morgan fingerprint density at radius 1 is 1.50 bits per heavy atom. The Kier molecular flexibility index (Phi) is 4.91. The predicted molar refractivity (Wildman–Crippen MR) is 58.7 cm³/mol. The Hall–Kier alpha value is -1.43. The molecule has 1 heterocycles. The van der Waals surface area contributed by atoms with Crippen LogP contribution in [0.1, 0.15) is 25.0 Å². The van der Waals surface area contributed by atoms with E-state index in [0.29, 0.717) is 26.1 Å². The fourth-order valence-electron chi connectivity index (χ4n) is 1.23. The van der Waals surface area contributed by atoms with Crippen molar-refractivity contribution >= 4 is 5.97 Å². The summed E-state index contributed by atoms with van der Waals surface area (Å²) in [6.45, 7) is 5.32. The number of esters is 1. The molecule has 0 unspecified atom stereocenters. The van der Waals surface area contributed by atoms with Crippen LogP contribution in [0, 0.1) is 6.92 Å². The molecule has 0 fully saturated rings. The first-order valence-electron chi connectivity index (χ1n) is 5.36. The largest absolute Gasteiger partial charge is 0.466 e. The second-order valence-corrected chi connectivity index (χ2v) is 3.45. The van der Waals surface area contributed by atoms with E-state index < -0.39 is 0 Å². The van der Waals surface area contributed by atoms with E-state index in [2.05, 4.69) is 15.5 Å². The van der Waals surface area contributed by atoms with Gasteiger partial charge in [0.2, 0.25) is 0 Å². The monoisotopic (exact) mass is 226 g/mol. The van der Waals surface area contributed by atoms with Gasteiger partial charge in [-0.05, 0) is 13.8 Å². The van der Waals surface area contributed by atoms with Gasteiger partial charge in [0.1, 0.15) is 11.6 Å². The summed E-state index contributed by atoms with van der Waals surface area (Å²) in [4.78, 5) is 11.0. The summed E-state index contributed by atoms with van der Waals surface area (Å²) in [5.74, 6) is 1.56. The van der Waals surface area contributed by atoms with Crippen molar-refractivity contribution in [3.63, 3.8) is 0 Å². The molecular weight excluding hydrogens is 208 g/mol. The molecule has 0 aliphatic rings. The molecule has 0 atom stereocenters. The third-order valence-corrected chi connectivity index (χ3v) is 2.28. The van der Waals surface area contributed by atoms with Crippen LogP contribution in [-0.2, 0) is 23.1 Å². The van der Waals surface area contributed by atoms with Crippen molar-refractivity contribution in [3.8, 4) is 0 Å². The molecule has 6 nitrogen and oxygen atoms in total. The van der Waals surface area contributed by atoms with Crippen molar-refractivity contribution in [2.75, 3.05) is 13.2 Å². The maximum absolute atomic E-state index is 11.0. The van der Waals surface area contributed by atoms with Gasteiger partial charge in [0.05, 0.1) is 19.6 Å². The molecule has 0 saturated carbocycles. The van der Waals surface area contributed by atoms with Crippen molar-refractivity contribution in [1.82, 2.24) is 20.1 Å².